The third kappa shape index (κ3) is 4.54. The van der Waals surface area contributed by atoms with Gasteiger partial charge in [-0.05, 0) is 55.0 Å². The summed E-state index contributed by atoms with van der Waals surface area (Å²) >= 11 is 0. The summed E-state index contributed by atoms with van der Waals surface area (Å²) in [5.41, 5.74) is 2.83. The Hall–Kier alpha value is -4.39. The Morgan fingerprint density at radius 1 is 0.941 bits per heavy atom. The zero-order chi connectivity index (χ0) is 24.1. The number of aliphatic imine (C=N–C) groups is 1. The Kier molecular flexibility index (Phi) is 6.73. The molecule has 3 aromatic rings. The molecular formula is C27H24N2O5. The highest BCUT2D eigenvalue weighted by Crippen LogP contribution is 2.31. The average Bonchev–Trinajstić information content (AvgIpc) is 3.20. The second kappa shape index (κ2) is 10.0. The summed E-state index contributed by atoms with van der Waals surface area (Å²) in [6.07, 6.45) is 1.71. The van der Waals surface area contributed by atoms with Gasteiger partial charge in [0.25, 0.3) is 5.91 Å². The van der Waals surface area contributed by atoms with Gasteiger partial charge in [0.15, 0.2) is 11.5 Å². The fraction of sp³-hybridized carbons (Fsp3) is 0.148. The van der Waals surface area contributed by atoms with Crippen molar-refractivity contribution in [3.63, 3.8) is 0 Å². The maximum atomic E-state index is 13.5. The lowest BCUT2D eigenvalue weighted by molar-refractivity contribution is -0.113. The van der Waals surface area contributed by atoms with Crippen LogP contribution in [0.15, 0.2) is 83.5 Å². The summed E-state index contributed by atoms with van der Waals surface area (Å²) in [5.74, 6) is 0.965. The Balaban J connectivity index is 1.74. The fourth-order valence-electron chi connectivity index (χ4n) is 3.60. The number of amides is 1. The van der Waals surface area contributed by atoms with Gasteiger partial charge in [-0.25, -0.2) is 9.79 Å². The monoisotopic (exact) mass is 456 g/mol. The minimum Gasteiger partial charge on any atom is -0.493 e. The number of amidine groups is 1. The van der Waals surface area contributed by atoms with Gasteiger partial charge >= 0.3 is 5.97 Å². The summed E-state index contributed by atoms with van der Waals surface area (Å²) in [7, 11) is 3.13. The number of nitrogens with zero attached hydrogens (tertiary/aromatic N) is 2. The normalized spacial score (nSPS) is 14.2. The molecule has 0 aliphatic carbocycles. The predicted octanol–water partition coefficient (Wildman–Crippen LogP) is 4.72. The van der Waals surface area contributed by atoms with Gasteiger partial charge in [0.2, 0.25) is 0 Å². The van der Waals surface area contributed by atoms with Gasteiger partial charge in [-0.15, -0.1) is 0 Å². The topological polar surface area (TPSA) is 77.4 Å². The Morgan fingerprint density at radius 3 is 2.29 bits per heavy atom. The quantitative estimate of drug-likeness (QED) is 0.380. The van der Waals surface area contributed by atoms with Crippen molar-refractivity contribution in [2.45, 2.75) is 6.92 Å². The highest BCUT2D eigenvalue weighted by Gasteiger charge is 2.32. The summed E-state index contributed by atoms with van der Waals surface area (Å²) < 4.78 is 15.7. The zero-order valence-corrected chi connectivity index (χ0v) is 19.1. The van der Waals surface area contributed by atoms with Crippen LogP contribution in [0.3, 0.4) is 0 Å². The van der Waals surface area contributed by atoms with Crippen LogP contribution < -0.4 is 14.4 Å². The number of hydrogen-bond acceptors (Lipinski definition) is 6. The van der Waals surface area contributed by atoms with Gasteiger partial charge in [0.1, 0.15) is 11.5 Å². The second-order valence-corrected chi connectivity index (χ2v) is 7.35. The minimum atomic E-state index is -0.409. The molecule has 172 valence electrons. The molecule has 3 aromatic carbocycles. The van der Waals surface area contributed by atoms with Crippen LogP contribution >= 0.6 is 0 Å². The van der Waals surface area contributed by atoms with E-state index in [2.05, 4.69) is 4.99 Å². The van der Waals surface area contributed by atoms with Crippen LogP contribution in [0.2, 0.25) is 0 Å². The standard InChI is InChI=1S/C27H24N2O5/c1-4-34-27(31)20-11-13-21(14-12-20)29-25(19-8-6-5-7-9-19)28-22(26(29)30)16-18-10-15-23(32-2)24(17-18)33-3/h5-17H,4H2,1-3H3. The van der Waals surface area contributed by atoms with E-state index in [0.29, 0.717) is 35.2 Å². The summed E-state index contributed by atoms with van der Waals surface area (Å²) in [5, 5.41) is 0. The number of esters is 1. The van der Waals surface area contributed by atoms with E-state index in [-0.39, 0.29) is 11.6 Å². The Morgan fingerprint density at radius 2 is 1.65 bits per heavy atom. The summed E-state index contributed by atoms with van der Waals surface area (Å²) in [6, 6.07) is 21.6. The highest BCUT2D eigenvalue weighted by atomic mass is 16.5. The predicted molar refractivity (Wildman–Crippen MR) is 130 cm³/mol. The number of methoxy groups -OCH3 is 2. The van der Waals surface area contributed by atoms with Crippen LogP contribution in [0, 0.1) is 0 Å². The third-order valence-electron chi connectivity index (χ3n) is 5.24. The molecule has 0 spiro atoms. The van der Waals surface area contributed by atoms with Crippen molar-refractivity contribution in [1.82, 2.24) is 0 Å². The molecule has 0 saturated heterocycles. The first kappa shape index (κ1) is 22.8. The molecule has 0 radical (unpaired) electrons. The molecule has 0 N–H and O–H groups in total. The van der Waals surface area contributed by atoms with Crippen LogP contribution in [0.1, 0.15) is 28.4 Å². The first-order valence-electron chi connectivity index (χ1n) is 10.7. The highest BCUT2D eigenvalue weighted by molar-refractivity contribution is 6.33. The van der Waals surface area contributed by atoms with Crippen molar-refractivity contribution in [1.29, 1.82) is 0 Å². The van der Waals surface area contributed by atoms with Crippen LogP contribution in [-0.2, 0) is 9.53 Å². The Labute approximate surface area is 197 Å². The van der Waals surface area contributed by atoms with Gasteiger partial charge in [-0.2, -0.15) is 0 Å². The lowest BCUT2D eigenvalue weighted by Gasteiger charge is -2.18. The molecule has 0 unspecified atom stereocenters. The number of carbonyl (C=O) groups is 2. The molecule has 1 aliphatic rings. The van der Waals surface area contributed by atoms with Crippen molar-refractivity contribution in [3.8, 4) is 11.5 Å². The largest absolute Gasteiger partial charge is 0.493 e. The van der Waals surface area contributed by atoms with Crippen LogP contribution in [0.4, 0.5) is 5.69 Å². The van der Waals surface area contributed by atoms with E-state index in [9.17, 15) is 9.59 Å². The van der Waals surface area contributed by atoms with Gasteiger partial charge in [0, 0.05) is 5.56 Å². The first-order valence-corrected chi connectivity index (χ1v) is 10.7. The van der Waals surface area contributed by atoms with E-state index in [1.807, 2.05) is 36.4 Å². The number of ether oxygens (including phenoxy) is 3. The summed E-state index contributed by atoms with van der Waals surface area (Å²) in [4.78, 5) is 31.7. The average molecular weight is 456 g/mol. The maximum Gasteiger partial charge on any atom is 0.338 e. The van der Waals surface area contributed by atoms with E-state index >= 15 is 0 Å². The van der Waals surface area contributed by atoms with Crippen LogP contribution in [-0.4, -0.2) is 38.5 Å². The Bertz CT molecular complexity index is 1260. The van der Waals surface area contributed by atoms with E-state index in [0.717, 1.165) is 11.1 Å². The first-order chi connectivity index (χ1) is 16.5. The van der Waals surface area contributed by atoms with Crippen molar-refractivity contribution in [2.24, 2.45) is 4.99 Å². The molecule has 0 saturated carbocycles. The second-order valence-electron chi connectivity index (χ2n) is 7.35. The summed E-state index contributed by atoms with van der Waals surface area (Å²) in [6.45, 7) is 2.05. The minimum absolute atomic E-state index is 0.278. The van der Waals surface area contributed by atoms with Crippen LogP contribution in [0.25, 0.3) is 6.08 Å². The van der Waals surface area contributed by atoms with Crippen molar-refractivity contribution < 1.29 is 23.8 Å². The van der Waals surface area contributed by atoms with Gasteiger partial charge in [0.05, 0.1) is 32.1 Å². The lowest BCUT2D eigenvalue weighted by Crippen LogP contribution is -2.32. The molecule has 1 amide bonds. The van der Waals surface area contributed by atoms with Gasteiger partial charge in [-0.3, -0.25) is 9.69 Å². The van der Waals surface area contributed by atoms with Crippen molar-refractivity contribution in [2.75, 3.05) is 25.7 Å². The zero-order valence-electron chi connectivity index (χ0n) is 19.1. The van der Waals surface area contributed by atoms with Crippen LogP contribution in [0.5, 0.6) is 11.5 Å². The molecule has 1 aliphatic heterocycles. The molecule has 4 rings (SSSR count). The molecule has 0 bridgehead atoms. The molecule has 0 atom stereocenters. The molecule has 34 heavy (non-hydrogen) atoms. The SMILES string of the molecule is CCOC(=O)c1ccc(N2C(=O)C(=Cc3ccc(OC)c(OC)c3)N=C2c2ccccc2)cc1. The lowest BCUT2D eigenvalue weighted by atomic mass is 10.1. The van der Waals surface area contributed by atoms with E-state index in [1.165, 1.54) is 4.90 Å². The molecular weight excluding hydrogens is 432 g/mol. The smallest absolute Gasteiger partial charge is 0.338 e. The third-order valence-corrected chi connectivity index (χ3v) is 5.24. The number of hydrogen-bond donors (Lipinski definition) is 0. The number of rotatable bonds is 7. The van der Waals surface area contributed by atoms with Crippen molar-refractivity contribution in [3.05, 3.63) is 95.2 Å². The molecule has 0 aromatic heterocycles. The van der Waals surface area contributed by atoms with Crippen molar-refractivity contribution >= 4 is 29.5 Å². The molecule has 7 nitrogen and oxygen atoms in total. The molecule has 0 fully saturated rings. The number of benzene rings is 3. The number of anilines is 1. The molecule has 7 heteroatoms. The number of carbonyl (C=O) groups excluding carboxylic acids is 2. The van der Waals surface area contributed by atoms with Gasteiger partial charge < -0.3 is 14.2 Å². The van der Waals surface area contributed by atoms with E-state index in [4.69, 9.17) is 14.2 Å². The maximum absolute atomic E-state index is 13.5. The van der Waals surface area contributed by atoms with E-state index in [1.54, 1.807) is 63.6 Å². The van der Waals surface area contributed by atoms with Gasteiger partial charge in [-0.1, -0.05) is 36.4 Å². The molecule has 1 heterocycles. The van der Waals surface area contributed by atoms with E-state index < -0.39 is 5.97 Å². The fourth-order valence-corrected chi connectivity index (χ4v) is 3.60.